The summed E-state index contributed by atoms with van der Waals surface area (Å²) in [5, 5.41) is 3.67. The molecule has 0 radical (unpaired) electrons. The molecule has 0 fully saturated rings. The third-order valence-electron chi connectivity index (χ3n) is 3.66. The van der Waals surface area contributed by atoms with Gasteiger partial charge < -0.3 is 10.1 Å². The molecule has 0 saturated carbocycles. The first-order chi connectivity index (χ1) is 9.12. The van der Waals surface area contributed by atoms with Crippen molar-refractivity contribution in [1.29, 1.82) is 0 Å². The lowest BCUT2D eigenvalue weighted by atomic mass is 9.93. The lowest BCUT2D eigenvalue weighted by Gasteiger charge is -2.24. The minimum Gasteiger partial charge on any atom is -0.496 e. The molecule has 2 nitrogen and oxygen atoms in total. The van der Waals surface area contributed by atoms with E-state index in [1.807, 2.05) is 6.07 Å². The zero-order valence-corrected chi connectivity index (χ0v) is 14.1. The van der Waals surface area contributed by atoms with Crippen molar-refractivity contribution in [2.75, 3.05) is 13.7 Å². The molecule has 1 rings (SSSR count). The summed E-state index contributed by atoms with van der Waals surface area (Å²) < 4.78 is 6.31. The fourth-order valence-electron chi connectivity index (χ4n) is 2.18. The van der Waals surface area contributed by atoms with E-state index in [1.54, 1.807) is 7.11 Å². The van der Waals surface area contributed by atoms with E-state index in [4.69, 9.17) is 4.74 Å². The van der Waals surface area contributed by atoms with Crippen LogP contribution in [-0.4, -0.2) is 19.7 Å². The van der Waals surface area contributed by atoms with Crippen LogP contribution in [0.4, 0.5) is 0 Å². The van der Waals surface area contributed by atoms with Gasteiger partial charge in [0.25, 0.3) is 0 Å². The van der Waals surface area contributed by atoms with Crippen LogP contribution in [0.3, 0.4) is 0 Å². The first-order valence-corrected chi connectivity index (χ1v) is 7.97. The van der Waals surface area contributed by atoms with Gasteiger partial charge in [0, 0.05) is 6.04 Å². The van der Waals surface area contributed by atoms with Crippen molar-refractivity contribution in [1.82, 2.24) is 5.32 Å². The molecule has 2 atom stereocenters. The van der Waals surface area contributed by atoms with Crippen LogP contribution in [0.1, 0.15) is 39.2 Å². The van der Waals surface area contributed by atoms with Crippen molar-refractivity contribution >= 4 is 15.9 Å². The van der Waals surface area contributed by atoms with Gasteiger partial charge in [0.2, 0.25) is 0 Å². The van der Waals surface area contributed by atoms with Crippen molar-refractivity contribution in [3.63, 3.8) is 0 Å². The van der Waals surface area contributed by atoms with Gasteiger partial charge in [0.15, 0.2) is 0 Å². The summed E-state index contributed by atoms with van der Waals surface area (Å²) >= 11 is 3.56. The average Bonchev–Trinajstić information content (AvgIpc) is 2.42. The molecule has 0 bridgehead atoms. The first-order valence-electron chi connectivity index (χ1n) is 7.18. The molecule has 1 aromatic rings. The molecule has 108 valence electrons. The number of rotatable bonds is 8. The highest BCUT2D eigenvalue weighted by Crippen LogP contribution is 2.26. The van der Waals surface area contributed by atoms with E-state index >= 15 is 0 Å². The summed E-state index contributed by atoms with van der Waals surface area (Å²) in [6.45, 7) is 7.89. The van der Waals surface area contributed by atoms with Crippen LogP contribution in [0.5, 0.6) is 5.75 Å². The van der Waals surface area contributed by atoms with E-state index in [1.165, 1.54) is 18.4 Å². The fourth-order valence-corrected chi connectivity index (χ4v) is 2.77. The molecular formula is C16H26BrNO. The summed E-state index contributed by atoms with van der Waals surface area (Å²) in [5.74, 6) is 1.58. The molecule has 1 N–H and O–H groups in total. The summed E-state index contributed by atoms with van der Waals surface area (Å²) in [4.78, 5) is 0. The molecule has 0 aliphatic carbocycles. The molecule has 2 unspecified atom stereocenters. The Morgan fingerprint density at radius 3 is 2.58 bits per heavy atom. The van der Waals surface area contributed by atoms with Gasteiger partial charge in [0.1, 0.15) is 5.75 Å². The molecule has 0 aromatic heterocycles. The molecule has 0 saturated heterocycles. The summed E-state index contributed by atoms with van der Waals surface area (Å²) in [6.07, 6.45) is 3.45. The normalized spacial score (nSPS) is 14.2. The second-order valence-corrected chi connectivity index (χ2v) is 5.97. The van der Waals surface area contributed by atoms with Crippen LogP contribution < -0.4 is 10.1 Å². The molecule has 19 heavy (non-hydrogen) atoms. The topological polar surface area (TPSA) is 21.3 Å². The average molecular weight is 328 g/mol. The molecular weight excluding hydrogens is 302 g/mol. The van der Waals surface area contributed by atoms with Crippen LogP contribution in [0.2, 0.25) is 0 Å². The molecule has 1 aromatic carbocycles. The van der Waals surface area contributed by atoms with Gasteiger partial charge in [0.05, 0.1) is 11.6 Å². The van der Waals surface area contributed by atoms with Crippen LogP contribution in [-0.2, 0) is 6.42 Å². The monoisotopic (exact) mass is 327 g/mol. The van der Waals surface area contributed by atoms with Gasteiger partial charge in [-0.05, 0) is 58.9 Å². The summed E-state index contributed by atoms with van der Waals surface area (Å²) in [6, 6.07) is 6.91. The van der Waals surface area contributed by atoms with Gasteiger partial charge >= 0.3 is 0 Å². The number of halogens is 1. The lowest BCUT2D eigenvalue weighted by molar-refractivity contribution is 0.364. The van der Waals surface area contributed by atoms with Crippen LogP contribution >= 0.6 is 15.9 Å². The minimum absolute atomic E-state index is 0.547. The number of benzene rings is 1. The van der Waals surface area contributed by atoms with Crippen molar-refractivity contribution in [2.45, 2.75) is 46.1 Å². The van der Waals surface area contributed by atoms with Gasteiger partial charge in [-0.2, -0.15) is 0 Å². The second kappa shape index (κ2) is 8.60. The maximum absolute atomic E-state index is 5.28. The van der Waals surface area contributed by atoms with Gasteiger partial charge in [-0.15, -0.1) is 0 Å². The van der Waals surface area contributed by atoms with E-state index in [-0.39, 0.29) is 0 Å². The van der Waals surface area contributed by atoms with Crippen molar-refractivity contribution in [3.05, 3.63) is 28.2 Å². The SMILES string of the molecule is CCCNC(Cc1ccc(OC)c(Br)c1)C(C)CC. The van der Waals surface area contributed by atoms with Crippen LogP contribution in [0, 0.1) is 5.92 Å². The molecule has 0 spiro atoms. The Hall–Kier alpha value is -0.540. The Balaban J connectivity index is 2.74. The standard InChI is InChI=1S/C16H26BrNO/c1-5-9-18-15(12(3)6-2)11-13-7-8-16(19-4)14(17)10-13/h7-8,10,12,15,18H,5-6,9,11H2,1-4H3. The quantitative estimate of drug-likeness (QED) is 0.763. The second-order valence-electron chi connectivity index (χ2n) is 5.12. The Morgan fingerprint density at radius 1 is 1.32 bits per heavy atom. The van der Waals surface area contributed by atoms with Gasteiger partial charge in [-0.1, -0.05) is 33.3 Å². The zero-order chi connectivity index (χ0) is 14.3. The Bertz CT molecular complexity index is 381. The Labute approximate surface area is 126 Å². The van der Waals surface area contributed by atoms with E-state index in [2.05, 4.69) is 54.2 Å². The van der Waals surface area contributed by atoms with Crippen LogP contribution in [0.15, 0.2) is 22.7 Å². The maximum atomic E-state index is 5.28. The van der Waals surface area contributed by atoms with E-state index in [0.717, 1.165) is 23.2 Å². The highest BCUT2D eigenvalue weighted by molar-refractivity contribution is 9.10. The van der Waals surface area contributed by atoms with E-state index in [0.29, 0.717) is 12.0 Å². The van der Waals surface area contributed by atoms with Gasteiger partial charge in [-0.3, -0.25) is 0 Å². The number of hydrogen-bond acceptors (Lipinski definition) is 2. The highest BCUT2D eigenvalue weighted by Gasteiger charge is 2.16. The van der Waals surface area contributed by atoms with E-state index < -0.39 is 0 Å². The third kappa shape index (κ3) is 5.15. The number of methoxy groups -OCH3 is 1. The smallest absolute Gasteiger partial charge is 0.133 e. The third-order valence-corrected chi connectivity index (χ3v) is 4.28. The predicted molar refractivity (Wildman–Crippen MR) is 85.9 cm³/mol. The molecule has 0 heterocycles. The number of hydrogen-bond donors (Lipinski definition) is 1. The van der Waals surface area contributed by atoms with Crippen molar-refractivity contribution in [3.8, 4) is 5.75 Å². The number of ether oxygens (including phenoxy) is 1. The minimum atomic E-state index is 0.547. The summed E-state index contributed by atoms with van der Waals surface area (Å²) in [7, 11) is 1.70. The zero-order valence-electron chi connectivity index (χ0n) is 12.5. The fraction of sp³-hybridized carbons (Fsp3) is 0.625. The maximum Gasteiger partial charge on any atom is 0.133 e. The largest absolute Gasteiger partial charge is 0.496 e. The Morgan fingerprint density at radius 2 is 2.05 bits per heavy atom. The molecule has 3 heteroatoms. The van der Waals surface area contributed by atoms with Crippen LogP contribution in [0.25, 0.3) is 0 Å². The molecule has 0 aliphatic heterocycles. The molecule has 0 amide bonds. The number of nitrogens with one attached hydrogen (secondary N) is 1. The van der Waals surface area contributed by atoms with Crippen molar-refractivity contribution < 1.29 is 4.74 Å². The van der Waals surface area contributed by atoms with Crippen molar-refractivity contribution in [2.24, 2.45) is 5.92 Å². The highest BCUT2D eigenvalue weighted by atomic mass is 79.9. The molecule has 0 aliphatic rings. The summed E-state index contributed by atoms with van der Waals surface area (Å²) in [5.41, 5.74) is 1.35. The van der Waals surface area contributed by atoms with Gasteiger partial charge in [-0.25, -0.2) is 0 Å². The first kappa shape index (κ1) is 16.5. The predicted octanol–water partition coefficient (Wildman–Crippen LogP) is 4.41. The Kier molecular flexibility index (Phi) is 7.47. The van der Waals surface area contributed by atoms with E-state index in [9.17, 15) is 0 Å². The lowest BCUT2D eigenvalue weighted by Crippen LogP contribution is -2.37.